The van der Waals surface area contributed by atoms with E-state index in [-0.39, 0.29) is 18.4 Å². The summed E-state index contributed by atoms with van der Waals surface area (Å²) >= 11 is 0. The molecule has 0 aliphatic heterocycles. The topological polar surface area (TPSA) is 75.4 Å². The lowest BCUT2D eigenvalue weighted by Crippen LogP contribution is -2.48. The third kappa shape index (κ3) is 4.72. The van der Waals surface area contributed by atoms with Gasteiger partial charge in [0.1, 0.15) is 0 Å². The molecule has 16 heavy (non-hydrogen) atoms. The molecule has 3 N–H and O–H groups in total. The zero-order valence-electron chi connectivity index (χ0n) is 10.7. The molecule has 0 spiro atoms. The maximum Gasteiger partial charge on any atom is 0.242 e. The Balaban J connectivity index is 4.55. The molecule has 0 saturated heterocycles. The zero-order chi connectivity index (χ0) is 12.8. The monoisotopic (exact) mass is 229 g/mol. The molecule has 0 saturated carbocycles. The normalized spacial score (nSPS) is 11.3. The van der Waals surface area contributed by atoms with Crippen molar-refractivity contribution in [2.24, 2.45) is 11.1 Å². The first-order chi connectivity index (χ1) is 7.34. The predicted molar refractivity (Wildman–Crippen MR) is 63.8 cm³/mol. The first-order valence-corrected chi connectivity index (χ1v) is 5.60. The molecule has 0 aliphatic carbocycles. The van der Waals surface area contributed by atoms with Crippen LogP contribution in [0, 0.1) is 5.41 Å². The van der Waals surface area contributed by atoms with Crippen LogP contribution in [-0.2, 0) is 9.59 Å². The van der Waals surface area contributed by atoms with Crippen LogP contribution in [0.5, 0.6) is 0 Å². The van der Waals surface area contributed by atoms with E-state index in [9.17, 15) is 9.59 Å². The summed E-state index contributed by atoms with van der Waals surface area (Å²) in [5.74, 6) is -0.501. The van der Waals surface area contributed by atoms with Crippen LogP contribution in [0.15, 0.2) is 0 Å². The molecule has 5 nitrogen and oxygen atoms in total. The Morgan fingerprint density at radius 3 is 2.25 bits per heavy atom. The van der Waals surface area contributed by atoms with Gasteiger partial charge >= 0.3 is 0 Å². The Labute approximate surface area is 97.4 Å². The number of carbonyl (C=O) groups excluding carboxylic acids is 2. The molecule has 0 unspecified atom stereocenters. The van der Waals surface area contributed by atoms with Crippen molar-refractivity contribution in [1.82, 2.24) is 10.2 Å². The van der Waals surface area contributed by atoms with Gasteiger partial charge in [0, 0.05) is 18.5 Å². The molecule has 0 aromatic carbocycles. The average Bonchev–Trinajstić information content (AvgIpc) is 2.21. The third-order valence-corrected chi connectivity index (χ3v) is 2.12. The number of nitrogens with two attached hydrogens (primary N) is 1. The maximum atomic E-state index is 12.0. The Kier molecular flexibility index (Phi) is 6.21. The highest BCUT2D eigenvalue weighted by Crippen LogP contribution is 2.17. The average molecular weight is 229 g/mol. The summed E-state index contributed by atoms with van der Waals surface area (Å²) in [5.41, 5.74) is 4.74. The third-order valence-electron chi connectivity index (χ3n) is 2.12. The van der Waals surface area contributed by atoms with Crippen LogP contribution >= 0.6 is 0 Å². The highest BCUT2D eigenvalue weighted by Gasteiger charge is 2.30. The van der Waals surface area contributed by atoms with E-state index in [1.165, 1.54) is 4.90 Å². The Hall–Kier alpha value is -0.940. The molecule has 0 rings (SSSR count). The molecule has 0 radical (unpaired) electrons. The van der Waals surface area contributed by atoms with Crippen molar-refractivity contribution in [3.8, 4) is 0 Å². The second-order valence-corrected chi connectivity index (χ2v) is 4.66. The fourth-order valence-electron chi connectivity index (χ4n) is 1.22. The van der Waals surface area contributed by atoms with Crippen molar-refractivity contribution in [1.29, 1.82) is 0 Å². The Bertz CT molecular complexity index is 246. The summed E-state index contributed by atoms with van der Waals surface area (Å²) in [6, 6.07) is 0. The van der Waals surface area contributed by atoms with Crippen molar-refractivity contribution in [2.45, 2.75) is 27.7 Å². The molecule has 0 bridgehead atoms. The van der Waals surface area contributed by atoms with Gasteiger partial charge in [0.2, 0.25) is 11.8 Å². The number of likely N-dealkylation sites (N-methyl/N-ethyl adjacent to an activating group) is 1. The number of imide groups is 1. The number of nitrogens with one attached hydrogen (secondary N) is 1. The van der Waals surface area contributed by atoms with Gasteiger partial charge in [0.25, 0.3) is 0 Å². The summed E-state index contributed by atoms with van der Waals surface area (Å²) < 4.78 is 0. The second-order valence-electron chi connectivity index (χ2n) is 4.66. The summed E-state index contributed by atoms with van der Waals surface area (Å²) in [4.78, 5) is 24.8. The quantitative estimate of drug-likeness (QED) is 0.648. The fraction of sp³-hybridized carbons (Fsp3) is 0.818. The molecule has 0 aromatic rings. The molecule has 0 aliphatic rings. The van der Waals surface area contributed by atoms with Crippen LogP contribution in [0.1, 0.15) is 27.7 Å². The number of hydrogen-bond donors (Lipinski definition) is 2. The largest absolute Gasteiger partial charge is 0.322 e. The first kappa shape index (κ1) is 15.1. The highest BCUT2D eigenvalue weighted by atomic mass is 16.2. The van der Waals surface area contributed by atoms with Crippen molar-refractivity contribution >= 4 is 11.8 Å². The summed E-state index contributed by atoms with van der Waals surface area (Å²) in [6.45, 7) is 9.01. The molecule has 2 amide bonds. The van der Waals surface area contributed by atoms with Gasteiger partial charge in [-0.15, -0.1) is 0 Å². The summed E-state index contributed by atoms with van der Waals surface area (Å²) in [5, 5.41) is 3.08. The van der Waals surface area contributed by atoms with E-state index in [2.05, 4.69) is 5.32 Å². The lowest BCUT2D eigenvalue weighted by molar-refractivity contribution is -0.149. The fourth-order valence-corrected chi connectivity index (χ4v) is 1.22. The van der Waals surface area contributed by atoms with E-state index >= 15 is 0 Å². The summed E-state index contributed by atoms with van der Waals surface area (Å²) in [7, 11) is 0. The number of carbonyl (C=O) groups is 2. The maximum absolute atomic E-state index is 12.0. The smallest absolute Gasteiger partial charge is 0.242 e. The van der Waals surface area contributed by atoms with E-state index in [1.807, 2.05) is 6.92 Å². The molecule has 94 valence electrons. The van der Waals surface area contributed by atoms with E-state index < -0.39 is 5.41 Å². The minimum Gasteiger partial charge on any atom is -0.322 e. The first-order valence-electron chi connectivity index (χ1n) is 5.60. The minimum atomic E-state index is -0.558. The Morgan fingerprint density at radius 2 is 1.88 bits per heavy atom. The van der Waals surface area contributed by atoms with E-state index in [1.54, 1.807) is 20.8 Å². The van der Waals surface area contributed by atoms with Crippen molar-refractivity contribution < 1.29 is 9.59 Å². The molecular formula is C11H23N3O2. The number of amides is 2. The van der Waals surface area contributed by atoms with Crippen molar-refractivity contribution in [3.63, 3.8) is 0 Å². The predicted octanol–water partition coefficient (Wildman–Crippen LogP) is -0.0441. The second kappa shape index (κ2) is 6.60. The zero-order valence-corrected chi connectivity index (χ0v) is 10.7. The molecular weight excluding hydrogens is 206 g/mol. The van der Waals surface area contributed by atoms with Crippen LogP contribution in [-0.4, -0.2) is 42.9 Å². The van der Waals surface area contributed by atoms with Crippen LogP contribution in [0.4, 0.5) is 0 Å². The number of hydrogen-bond acceptors (Lipinski definition) is 4. The van der Waals surface area contributed by atoms with Gasteiger partial charge in [-0.1, -0.05) is 27.7 Å². The molecule has 0 atom stereocenters. The Morgan fingerprint density at radius 1 is 1.31 bits per heavy atom. The van der Waals surface area contributed by atoms with Crippen molar-refractivity contribution in [3.05, 3.63) is 0 Å². The molecule has 5 heteroatoms. The van der Waals surface area contributed by atoms with Crippen molar-refractivity contribution in [2.75, 3.05) is 26.2 Å². The molecule has 0 aromatic heterocycles. The lowest BCUT2D eigenvalue weighted by Gasteiger charge is -2.27. The van der Waals surface area contributed by atoms with Gasteiger partial charge in [-0.25, -0.2) is 0 Å². The van der Waals surface area contributed by atoms with E-state index in [0.717, 1.165) is 6.54 Å². The van der Waals surface area contributed by atoms with Gasteiger partial charge in [0.15, 0.2) is 0 Å². The SMILES string of the molecule is CCNCCN(C(=O)CN)C(=O)C(C)(C)C. The van der Waals surface area contributed by atoms with E-state index in [4.69, 9.17) is 5.73 Å². The van der Waals surface area contributed by atoms with Crippen LogP contribution in [0.2, 0.25) is 0 Å². The summed E-state index contributed by atoms with van der Waals surface area (Å²) in [6.07, 6.45) is 0. The van der Waals surface area contributed by atoms with Gasteiger partial charge in [-0.3, -0.25) is 14.5 Å². The minimum absolute atomic E-state index is 0.131. The van der Waals surface area contributed by atoms with Crippen LogP contribution in [0.3, 0.4) is 0 Å². The van der Waals surface area contributed by atoms with Crippen LogP contribution < -0.4 is 11.1 Å². The lowest BCUT2D eigenvalue weighted by atomic mass is 9.94. The van der Waals surface area contributed by atoms with Gasteiger partial charge in [-0.05, 0) is 6.54 Å². The highest BCUT2D eigenvalue weighted by molar-refractivity contribution is 5.98. The van der Waals surface area contributed by atoms with E-state index in [0.29, 0.717) is 13.1 Å². The van der Waals surface area contributed by atoms with Gasteiger partial charge in [-0.2, -0.15) is 0 Å². The molecule has 0 heterocycles. The van der Waals surface area contributed by atoms with Gasteiger partial charge in [0.05, 0.1) is 6.54 Å². The van der Waals surface area contributed by atoms with Crippen LogP contribution in [0.25, 0.3) is 0 Å². The van der Waals surface area contributed by atoms with Gasteiger partial charge < -0.3 is 11.1 Å². The molecule has 0 fully saturated rings. The number of rotatable bonds is 5. The standard InChI is InChI=1S/C11H23N3O2/c1-5-13-6-7-14(9(15)8-12)10(16)11(2,3)4/h13H,5-8,12H2,1-4H3. The number of nitrogens with zero attached hydrogens (tertiary/aromatic N) is 1.